The van der Waals surface area contributed by atoms with Crippen LogP contribution in [0.1, 0.15) is 49.2 Å². The van der Waals surface area contributed by atoms with Gasteiger partial charge in [0.2, 0.25) is 5.95 Å². The van der Waals surface area contributed by atoms with Crippen LogP contribution in [0, 0.1) is 13.8 Å². The van der Waals surface area contributed by atoms with Crippen molar-refractivity contribution in [3.63, 3.8) is 0 Å². The Bertz CT molecular complexity index is 1220. The molecule has 1 aliphatic heterocycles. The zero-order chi connectivity index (χ0) is 23.8. The lowest BCUT2D eigenvalue weighted by Gasteiger charge is -2.18. The second kappa shape index (κ2) is 9.33. The Labute approximate surface area is 205 Å². The van der Waals surface area contributed by atoms with Gasteiger partial charge in [0.1, 0.15) is 0 Å². The fourth-order valence-electron chi connectivity index (χ4n) is 4.02. The fourth-order valence-corrected chi connectivity index (χ4v) is 4.46. The third-order valence-electron chi connectivity index (χ3n) is 5.75. The van der Waals surface area contributed by atoms with Gasteiger partial charge in [0.25, 0.3) is 0 Å². The Morgan fingerprint density at radius 3 is 2.73 bits per heavy atom. The number of hydrogen-bond donors (Lipinski definition) is 3. The molecule has 0 saturated carbocycles. The minimum Gasteiger partial charge on any atom is -0.349 e. The monoisotopic (exact) mass is 480 g/mol. The molecular formula is C25H29ClN6S. The maximum atomic E-state index is 6.21. The number of benzene rings is 1. The highest BCUT2D eigenvalue weighted by atomic mass is 35.5. The summed E-state index contributed by atoms with van der Waals surface area (Å²) in [5.41, 5.74) is 13.7. The smallest absolute Gasteiger partial charge is 0.227 e. The molecule has 33 heavy (non-hydrogen) atoms. The van der Waals surface area contributed by atoms with Gasteiger partial charge in [-0.05, 0) is 76.8 Å². The highest BCUT2D eigenvalue weighted by molar-refractivity contribution is 7.80. The molecule has 4 N–H and O–H groups in total. The van der Waals surface area contributed by atoms with Crippen molar-refractivity contribution in [1.82, 2.24) is 15.0 Å². The quantitative estimate of drug-likeness (QED) is 0.378. The number of nitrogens with zero attached hydrogens (tertiary/aromatic N) is 3. The van der Waals surface area contributed by atoms with Crippen molar-refractivity contribution in [2.24, 2.45) is 5.73 Å². The molecule has 1 aliphatic rings. The number of aromatic nitrogens is 3. The highest BCUT2D eigenvalue weighted by Crippen LogP contribution is 2.35. The van der Waals surface area contributed by atoms with Crippen molar-refractivity contribution in [3.05, 3.63) is 58.0 Å². The van der Waals surface area contributed by atoms with Crippen LogP contribution in [0.2, 0.25) is 5.02 Å². The number of anilines is 3. The molecule has 0 saturated heterocycles. The van der Waals surface area contributed by atoms with E-state index in [1.807, 2.05) is 31.3 Å². The lowest BCUT2D eigenvalue weighted by atomic mass is 9.96. The Hall–Kier alpha value is -2.61. The summed E-state index contributed by atoms with van der Waals surface area (Å²) in [6.45, 7) is 8.16. The molecule has 0 atom stereocenters. The molecule has 0 unspecified atom stereocenters. The summed E-state index contributed by atoms with van der Waals surface area (Å²) in [7, 11) is 0. The van der Waals surface area contributed by atoms with Crippen LogP contribution in [0.25, 0.3) is 11.3 Å². The molecule has 0 aliphatic carbocycles. The van der Waals surface area contributed by atoms with Gasteiger partial charge >= 0.3 is 0 Å². The molecule has 2 aromatic heterocycles. The fraction of sp³-hybridized carbons (Fsp3) is 0.360. The van der Waals surface area contributed by atoms with Crippen LogP contribution < -0.4 is 16.4 Å². The van der Waals surface area contributed by atoms with E-state index in [1.54, 1.807) is 0 Å². The summed E-state index contributed by atoms with van der Waals surface area (Å²) in [4.78, 5) is 14.9. The second-order valence-electron chi connectivity index (χ2n) is 9.32. The highest BCUT2D eigenvalue weighted by Gasteiger charge is 2.20. The summed E-state index contributed by atoms with van der Waals surface area (Å²) in [6.07, 6.45) is 5.30. The molecule has 1 aromatic carbocycles. The van der Waals surface area contributed by atoms with Crippen molar-refractivity contribution in [2.45, 2.75) is 58.9 Å². The van der Waals surface area contributed by atoms with Crippen LogP contribution in [0.3, 0.4) is 0 Å². The molecular weight excluding hydrogens is 452 g/mol. The average Bonchev–Trinajstić information content (AvgIpc) is 2.85. The summed E-state index contributed by atoms with van der Waals surface area (Å²) in [5.74, 6) is 0.519. The summed E-state index contributed by atoms with van der Waals surface area (Å²) in [6, 6.07) is 7.85. The van der Waals surface area contributed by atoms with E-state index in [-0.39, 0.29) is 5.54 Å². The number of pyridine rings is 1. The van der Waals surface area contributed by atoms with Gasteiger partial charge in [-0.15, -0.1) is 0 Å². The molecule has 0 radical (unpaired) electrons. The Morgan fingerprint density at radius 2 is 1.97 bits per heavy atom. The van der Waals surface area contributed by atoms with Crippen LogP contribution in [0.4, 0.5) is 17.3 Å². The Balaban J connectivity index is 1.64. The zero-order valence-corrected chi connectivity index (χ0v) is 21.0. The van der Waals surface area contributed by atoms with E-state index in [1.165, 1.54) is 5.56 Å². The average molecular weight is 481 g/mol. The summed E-state index contributed by atoms with van der Waals surface area (Å²) in [5, 5.41) is 7.30. The lowest BCUT2D eigenvalue weighted by Crippen LogP contribution is -2.31. The number of hydrogen-bond acceptors (Lipinski definition) is 6. The standard InChI is InChI=1S/C25H29ClN6S/c1-14-16(6-5-9-25(3,4)27)10-20(15(2)29-14)31-24-28-13-17-11-22(33)30-21-12-18(26)7-8-19(21)23(17)32-24/h7-8,10,12-13H,5-6,9,11,27H2,1-4H3,(H,30,33)(H,28,31,32). The van der Waals surface area contributed by atoms with E-state index in [2.05, 4.69) is 42.5 Å². The molecule has 8 heteroatoms. The van der Waals surface area contributed by atoms with E-state index < -0.39 is 0 Å². The number of fused-ring (bicyclic) bond motifs is 3. The number of halogens is 1. The van der Waals surface area contributed by atoms with E-state index in [9.17, 15) is 0 Å². The zero-order valence-electron chi connectivity index (χ0n) is 19.4. The van der Waals surface area contributed by atoms with Crippen molar-refractivity contribution in [1.29, 1.82) is 0 Å². The third kappa shape index (κ3) is 5.66. The maximum Gasteiger partial charge on any atom is 0.227 e. The number of nitrogens with two attached hydrogens (primary N) is 1. The predicted molar refractivity (Wildman–Crippen MR) is 141 cm³/mol. The largest absolute Gasteiger partial charge is 0.349 e. The van der Waals surface area contributed by atoms with Crippen molar-refractivity contribution >= 4 is 46.1 Å². The first-order valence-corrected chi connectivity index (χ1v) is 11.9. The number of thiocarbonyl (C=S) groups is 1. The van der Waals surface area contributed by atoms with Crippen LogP contribution in [0.15, 0.2) is 30.5 Å². The van der Waals surface area contributed by atoms with Gasteiger partial charge in [-0.2, -0.15) is 0 Å². The minimum absolute atomic E-state index is 0.166. The van der Waals surface area contributed by atoms with Crippen molar-refractivity contribution in [2.75, 3.05) is 10.6 Å². The molecule has 0 amide bonds. The predicted octanol–water partition coefficient (Wildman–Crippen LogP) is 5.91. The van der Waals surface area contributed by atoms with Gasteiger partial charge in [-0.25, -0.2) is 9.97 Å². The van der Waals surface area contributed by atoms with Gasteiger partial charge in [-0.1, -0.05) is 23.8 Å². The maximum absolute atomic E-state index is 6.21. The van der Waals surface area contributed by atoms with E-state index in [4.69, 9.17) is 39.5 Å². The minimum atomic E-state index is -0.166. The Kier molecular flexibility index (Phi) is 6.66. The van der Waals surface area contributed by atoms with Crippen LogP contribution >= 0.6 is 23.8 Å². The number of aryl methyl sites for hydroxylation is 3. The first kappa shape index (κ1) is 23.5. The number of rotatable bonds is 6. The number of nitrogens with one attached hydrogen (secondary N) is 2. The van der Waals surface area contributed by atoms with Crippen LogP contribution in [0.5, 0.6) is 0 Å². The molecule has 172 valence electrons. The molecule has 0 spiro atoms. The molecule has 4 rings (SSSR count). The molecule has 6 nitrogen and oxygen atoms in total. The molecule has 3 heterocycles. The summed E-state index contributed by atoms with van der Waals surface area (Å²) >= 11 is 11.7. The van der Waals surface area contributed by atoms with Crippen LogP contribution in [-0.4, -0.2) is 25.5 Å². The summed E-state index contributed by atoms with van der Waals surface area (Å²) < 4.78 is 0. The van der Waals surface area contributed by atoms with E-state index in [0.29, 0.717) is 22.4 Å². The normalized spacial score (nSPS) is 13.1. The van der Waals surface area contributed by atoms with Gasteiger partial charge < -0.3 is 16.4 Å². The lowest BCUT2D eigenvalue weighted by molar-refractivity contribution is 0.459. The van der Waals surface area contributed by atoms with Gasteiger partial charge in [0.05, 0.1) is 22.1 Å². The van der Waals surface area contributed by atoms with Gasteiger partial charge in [0.15, 0.2) is 0 Å². The second-order valence-corrected chi connectivity index (χ2v) is 10.2. The van der Waals surface area contributed by atoms with Crippen LogP contribution in [-0.2, 0) is 12.8 Å². The molecule has 0 fully saturated rings. The van der Waals surface area contributed by atoms with Crippen molar-refractivity contribution in [3.8, 4) is 11.3 Å². The van der Waals surface area contributed by atoms with Gasteiger partial charge in [-0.3, -0.25) is 4.98 Å². The topological polar surface area (TPSA) is 88.8 Å². The van der Waals surface area contributed by atoms with Gasteiger partial charge in [0, 0.05) is 45.7 Å². The first-order valence-electron chi connectivity index (χ1n) is 11.1. The SMILES string of the molecule is Cc1nc(C)c(Nc2ncc3c(n2)-c2ccc(Cl)cc2NC(=S)C3)cc1CCCC(C)(C)N. The Morgan fingerprint density at radius 1 is 1.18 bits per heavy atom. The van der Waals surface area contributed by atoms with Crippen molar-refractivity contribution < 1.29 is 0 Å². The first-order chi connectivity index (χ1) is 15.6. The van der Waals surface area contributed by atoms with E-state index >= 15 is 0 Å². The third-order valence-corrected chi connectivity index (χ3v) is 6.23. The molecule has 3 aromatic rings. The molecule has 0 bridgehead atoms. The van der Waals surface area contributed by atoms with E-state index in [0.717, 1.165) is 58.8 Å².